The van der Waals surface area contributed by atoms with Crippen LogP contribution in [-0.2, 0) is 0 Å². The van der Waals surface area contributed by atoms with E-state index in [9.17, 15) is 0 Å². The molecule has 1 atom stereocenters. The fourth-order valence-electron chi connectivity index (χ4n) is 4.60. The Morgan fingerprint density at radius 1 is 1.06 bits per heavy atom. The molecule has 31 heavy (non-hydrogen) atoms. The van der Waals surface area contributed by atoms with Crippen molar-refractivity contribution in [3.8, 4) is 11.1 Å². The number of benzene rings is 2. The lowest BCUT2D eigenvalue weighted by Gasteiger charge is -2.42. The second-order valence-corrected chi connectivity index (χ2v) is 8.98. The monoisotopic (exact) mass is 434 g/mol. The van der Waals surface area contributed by atoms with Crippen molar-refractivity contribution in [1.82, 2.24) is 9.66 Å². The average molecular weight is 435 g/mol. The Morgan fingerprint density at radius 2 is 1.84 bits per heavy atom. The van der Waals surface area contributed by atoms with E-state index < -0.39 is 5.66 Å². The first-order chi connectivity index (χ1) is 15.0. The largest absolute Gasteiger partial charge is 0.353 e. The number of imidazole rings is 1. The smallest absolute Gasteiger partial charge is 0.174 e. The van der Waals surface area contributed by atoms with Crippen molar-refractivity contribution in [3.63, 3.8) is 0 Å². The van der Waals surface area contributed by atoms with Crippen LogP contribution in [0.15, 0.2) is 67.0 Å². The van der Waals surface area contributed by atoms with Crippen LogP contribution in [0.5, 0.6) is 0 Å². The predicted molar refractivity (Wildman–Crippen MR) is 127 cm³/mol. The molecule has 1 aliphatic heterocycles. The van der Waals surface area contributed by atoms with Gasteiger partial charge in [-0.05, 0) is 67.2 Å². The first kappa shape index (κ1) is 20.1. The van der Waals surface area contributed by atoms with Gasteiger partial charge in [0, 0.05) is 35.1 Å². The van der Waals surface area contributed by atoms with Crippen LogP contribution in [-0.4, -0.2) is 21.4 Å². The highest BCUT2D eigenvalue weighted by Gasteiger charge is 2.39. The summed E-state index contributed by atoms with van der Waals surface area (Å²) in [6.45, 7) is 0. The van der Waals surface area contributed by atoms with E-state index in [1.807, 2.05) is 29.1 Å². The first-order valence-electron chi connectivity index (χ1n) is 10.7. The lowest BCUT2D eigenvalue weighted by molar-refractivity contribution is 0.239. The molecule has 160 valence electrons. The minimum absolute atomic E-state index is 0.284. The first-order valence-corrected chi connectivity index (χ1v) is 11.1. The molecule has 1 saturated carbocycles. The van der Waals surface area contributed by atoms with Crippen molar-refractivity contribution in [2.75, 3.05) is 10.7 Å². The fourth-order valence-corrected chi connectivity index (χ4v) is 4.80. The van der Waals surface area contributed by atoms with Crippen LogP contribution in [0.2, 0.25) is 5.02 Å². The molecule has 7 heteroatoms. The van der Waals surface area contributed by atoms with Crippen LogP contribution < -0.4 is 22.2 Å². The van der Waals surface area contributed by atoms with E-state index in [4.69, 9.17) is 23.1 Å². The van der Waals surface area contributed by atoms with Crippen LogP contribution >= 0.6 is 11.6 Å². The molecule has 0 radical (unpaired) electrons. The van der Waals surface area contributed by atoms with Crippen molar-refractivity contribution in [3.05, 3.63) is 77.8 Å². The standard InChI is InChI=1S/C24H27ClN6/c25-19-3-1-2-17(14-19)16-4-10-21(11-5-16)29-22-15-24(27,18-6-8-20(26)9-7-18)30-31-13-12-28-23(22)31/h1-5,10-15,18,20,29-30H,6-9,26-27H2. The molecule has 1 aromatic heterocycles. The Bertz CT molecular complexity index is 1100. The Morgan fingerprint density at radius 3 is 2.58 bits per heavy atom. The second-order valence-electron chi connectivity index (χ2n) is 8.55. The minimum atomic E-state index is -0.656. The molecule has 1 fully saturated rings. The van der Waals surface area contributed by atoms with Crippen molar-refractivity contribution >= 4 is 23.0 Å². The third-order valence-electron chi connectivity index (χ3n) is 6.35. The highest BCUT2D eigenvalue weighted by molar-refractivity contribution is 6.30. The van der Waals surface area contributed by atoms with Gasteiger partial charge in [0.25, 0.3) is 0 Å². The van der Waals surface area contributed by atoms with Gasteiger partial charge in [-0.25, -0.2) is 9.66 Å². The lowest BCUT2D eigenvalue weighted by Crippen LogP contribution is -2.58. The topological polar surface area (TPSA) is 93.9 Å². The molecule has 2 aliphatic rings. The summed E-state index contributed by atoms with van der Waals surface area (Å²) in [7, 11) is 0. The van der Waals surface area contributed by atoms with Gasteiger partial charge in [-0.15, -0.1) is 0 Å². The molecule has 1 unspecified atom stereocenters. The second kappa shape index (κ2) is 8.04. The van der Waals surface area contributed by atoms with Crippen LogP contribution in [0.1, 0.15) is 31.5 Å². The summed E-state index contributed by atoms with van der Waals surface area (Å²) in [6.07, 6.45) is 9.79. The number of aromatic nitrogens is 2. The fraction of sp³-hybridized carbons (Fsp3) is 0.292. The van der Waals surface area contributed by atoms with Gasteiger partial charge in [0.05, 0.1) is 5.70 Å². The summed E-state index contributed by atoms with van der Waals surface area (Å²) >= 11 is 6.14. The molecule has 0 bridgehead atoms. The number of nitrogens with two attached hydrogens (primary N) is 2. The van der Waals surface area contributed by atoms with Crippen LogP contribution in [0.4, 0.5) is 5.69 Å². The summed E-state index contributed by atoms with van der Waals surface area (Å²) in [6, 6.07) is 16.4. The van der Waals surface area contributed by atoms with Crippen molar-refractivity contribution < 1.29 is 0 Å². The molecule has 0 saturated heterocycles. The normalized spacial score (nSPS) is 25.3. The maximum absolute atomic E-state index is 6.88. The summed E-state index contributed by atoms with van der Waals surface area (Å²) in [4.78, 5) is 4.51. The molecule has 2 heterocycles. The summed E-state index contributed by atoms with van der Waals surface area (Å²) < 4.78 is 1.91. The zero-order valence-corrected chi connectivity index (χ0v) is 18.0. The van der Waals surface area contributed by atoms with Gasteiger partial charge in [-0.1, -0.05) is 35.9 Å². The van der Waals surface area contributed by atoms with Gasteiger partial charge in [-0.2, -0.15) is 0 Å². The molecule has 3 aromatic rings. The van der Waals surface area contributed by atoms with Gasteiger partial charge in [0.15, 0.2) is 5.82 Å². The Labute approximate surface area is 187 Å². The zero-order valence-electron chi connectivity index (χ0n) is 17.3. The van der Waals surface area contributed by atoms with Crippen molar-refractivity contribution in [2.24, 2.45) is 17.4 Å². The number of hydrogen-bond donors (Lipinski definition) is 4. The number of rotatable bonds is 4. The van der Waals surface area contributed by atoms with Gasteiger partial charge < -0.3 is 22.2 Å². The van der Waals surface area contributed by atoms with E-state index in [2.05, 4.69) is 52.1 Å². The minimum Gasteiger partial charge on any atom is -0.353 e. The summed E-state index contributed by atoms with van der Waals surface area (Å²) in [5.74, 6) is 1.12. The molecule has 6 N–H and O–H groups in total. The number of fused-ring (bicyclic) bond motifs is 1. The molecule has 0 spiro atoms. The molecular formula is C24H27ClN6. The SMILES string of the molecule is NC1CCC(C2(N)C=C(Nc3ccc(-c4cccc(Cl)c4)cc3)c3nccn3N2)CC1. The quantitative estimate of drug-likeness (QED) is 0.488. The molecule has 6 nitrogen and oxygen atoms in total. The van der Waals surface area contributed by atoms with E-state index in [1.165, 1.54) is 0 Å². The van der Waals surface area contributed by atoms with E-state index in [-0.39, 0.29) is 6.04 Å². The molecule has 0 amide bonds. The van der Waals surface area contributed by atoms with E-state index >= 15 is 0 Å². The maximum Gasteiger partial charge on any atom is 0.174 e. The van der Waals surface area contributed by atoms with Gasteiger partial charge in [-0.3, -0.25) is 0 Å². The summed E-state index contributed by atoms with van der Waals surface area (Å²) in [5, 5.41) is 4.25. The van der Waals surface area contributed by atoms with E-state index in [1.54, 1.807) is 6.20 Å². The molecule has 1 aliphatic carbocycles. The Hall–Kier alpha value is -2.80. The highest BCUT2D eigenvalue weighted by Crippen LogP contribution is 2.35. The number of anilines is 1. The zero-order chi connectivity index (χ0) is 21.4. The third-order valence-corrected chi connectivity index (χ3v) is 6.58. The van der Waals surface area contributed by atoms with Crippen LogP contribution in [0.25, 0.3) is 16.8 Å². The summed E-state index contributed by atoms with van der Waals surface area (Å²) in [5.41, 5.74) is 19.9. The highest BCUT2D eigenvalue weighted by atomic mass is 35.5. The average Bonchev–Trinajstić information content (AvgIpc) is 3.23. The molecule has 5 rings (SSSR count). The van der Waals surface area contributed by atoms with E-state index in [0.29, 0.717) is 5.92 Å². The molecule has 2 aromatic carbocycles. The van der Waals surface area contributed by atoms with Gasteiger partial charge in [0.2, 0.25) is 0 Å². The van der Waals surface area contributed by atoms with Crippen LogP contribution in [0.3, 0.4) is 0 Å². The molecular weight excluding hydrogens is 408 g/mol. The predicted octanol–water partition coefficient (Wildman–Crippen LogP) is 4.39. The Kier molecular flexibility index (Phi) is 5.22. The maximum atomic E-state index is 6.88. The van der Waals surface area contributed by atoms with Crippen molar-refractivity contribution in [1.29, 1.82) is 0 Å². The van der Waals surface area contributed by atoms with E-state index in [0.717, 1.165) is 59.0 Å². The number of halogens is 1. The van der Waals surface area contributed by atoms with Crippen LogP contribution in [0, 0.1) is 5.92 Å². The number of hydrogen-bond acceptors (Lipinski definition) is 5. The number of nitrogens with one attached hydrogen (secondary N) is 2. The lowest BCUT2D eigenvalue weighted by atomic mass is 9.78. The van der Waals surface area contributed by atoms with Gasteiger partial charge in [0.1, 0.15) is 5.66 Å². The van der Waals surface area contributed by atoms with Gasteiger partial charge >= 0.3 is 0 Å². The Balaban J connectivity index is 1.41. The third kappa shape index (κ3) is 4.06. The number of nitrogens with zero attached hydrogens (tertiary/aromatic N) is 2. The van der Waals surface area contributed by atoms with Crippen molar-refractivity contribution in [2.45, 2.75) is 37.4 Å².